The number of nitrogens with one attached hydrogen (secondary N) is 1. The van der Waals surface area contributed by atoms with Crippen LogP contribution >= 0.6 is 23.2 Å². The molecule has 2 rings (SSSR count). The van der Waals surface area contributed by atoms with Gasteiger partial charge in [0.25, 0.3) is 0 Å². The Morgan fingerprint density at radius 1 is 1.30 bits per heavy atom. The van der Waals surface area contributed by atoms with Crippen molar-refractivity contribution in [2.75, 3.05) is 26.2 Å². The summed E-state index contributed by atoms with van der Waals surface area (Å²) >= 11 is 11.7. The average Bonchev–Trinajstić information content (AvgIpc) is 2.86. The second-order valence-electron chi connectivity index (χ2n) is 5.73. The monoisotopic (exact) mass is 368 g/mol. The number of carbonyl (C=O) groups excluding carboxylic acids is 1. The van der Waals surface area contributed by atoms with E-state index in [-0.39, 0.29) is 18.2 Å². The topological polar surface area (TPSA) is 32.3 Å². The van der Waals surface area contributed by atoms with E-state index in [1.807, 2.05) is 0 Å². The zero-order chi connectivity index (χ0) is 17.0. The number of amides is 1. The molecule has 1 N–H and O–H groups in total. The Labute approximate surface area is 142 Å². The van der Waals surface area contributed by atoms with E-state index in [0.717, 1.165) is 5.56 Å². The van der Waals surface area contributed by atoms with Crippen molar-refractivity contribution in [3.05, 3.63) is 33.8 Å². The first kappa shape index (κ1) is 18.4. The van der Waals surface area contributed by atoms with Crippen LogP contribution in [0, 0.1) is 5.92 Å². The molecule has 1 unspecified atom stereocenters. The third-order valence-corrected chi connectivity index (χ3v) is 4.45. The number of hydrogen-bond donors (Lipinski definition) is 1. The fraction of sp³-hybridized carbons (Fsp3) is 0.533. The second-order valence-corrected chi connectivity index (χ2v) is 6.55. The van der Waals surface area contributed by atoms with Gasteiger partial charge >= 0.3 is 6.18 Å². The molecule has 3 nitrogen and oxygen atoms in total. The normalized spacial score (nSPS) is 19.1. The van der Waals surface area contributed by atoms with E-state index in [4.69, 9.17) is 23.2 Å². The van der Waals surface area contributed by atoms with Crippen molar-refractivity contribution < 1.29 is 18.0 Å². The van der Waals surface area contributed by atoms with E-state index in [9.17, 15) is 18.0 Å². The number of nitrogens with zero attached hydrogens (tertiary/aromatic N) is 1. The number of halogens is 5. The maximum absolute atomic E-state index is 12.3. The second kappa shape index (κ2) is 7.73. The molecular formula is C15H17Cl2F3N2O. The molecule has 1 saturated heterocycles. The first-order valence-electron chi connectivity index (χ1n) is 7.22. The van der Waals surface area contributed by atoms with Gasteiger partial charge in [-0.25, -0.2) is 0 Å². The minimum absolute atomic E-state index is 0.0510. The molecule has 0 saturated carbocycles. The maximum Gasteiger partial charge on any atom is 0.401 e. The minimum atomic E-state index is -4.17. The lowest BCUT2D eigenvalue weighted by Gasteiger charge is -2.18. The molecule has 23 heavy (non-hydrogen) atoms. The molecule has 0 bridgehead atoms. The molecule has 0 aliphatic carbocycles. The Hall–Kier alpha value is -0.980. The lowest BCUT2D eigenvalue weighted by molar-refractivity contribution is -0.143. The van der Waals surface area contributed by atoms with Crippen molar-refractivity contribution in [1.29, 1.82) is 0 Å². The lowest BCUT2D eigenvalue weighted by atomic mass is 10.1. The lowest BCUT2D eigenvalue weighted by Crippen LogP contribution is -2.35. The van der Waals surface area contributed by atoms with E-state index in [0.29, 0.717) is 36.1 Å². The first-order valence-corrected chi connectivity index (χ1v) is 7.98. The van der Waals surface area contributed by atoms with Gasteiger partial charge in [0.05, 0.1) is 23.0 Å². The third kappa shape index (κ3) is 6.20. The number of carbonyl (C=O) groups is 1. The smallest absolute Gasteiger partial charge is 0.355 e. The van der Waals surface area contributed by atoms with Crippen molar-refractivity contribution in [3.63, 3.8) is 0 Å². The fourth-order valence-corrected chi connectivity index (χ4v) is 2.95. The van der Waals surface area contributed by atoms with Gasteiger partial charge in [0.2, 0.25) is 5.91 Å². The number of likely N-dealkylation sites (tertiary alicyclic amines) is 1. The molecule has 0 aromatic heterocycles. The van der Waals surface area contributed by atoms with Crippen molar-refractivity contribution in [3.8, 4) is 0 Å². The molecule has 0 spiro atoms. The number of rotatable bonds is 5. The molecular weight excluding hydrogens is 352 g/mol. The fourth-order valence-electron chi connectivity index (χ4n) is 2.63. The molecule has 1 atom stereocenters. The highest BCUT2D eigenvalue weighted by Crippen LogP contribution is 2.23. The quantitative estimate of drug-likeness (QED) is 0.861. The molecule has 1 amide bonds. The summed E-state index contributed by atoms with van der Waals surface area (Å²) in [4.78, 5) is 13.3. The Balaban J connectivity index is 1.74. The number of benzene rings is 1. The third-order valence-electron chi connectivity index (χ3n) is 3.71. The predicted octanol–water partition coefficient (Wildman–Crippen LogP) is 3.54. The van der Waals surface area contributed by atoms with Crippen LogP contribution in [0.1, 0.15) is 12.0 Å². The summed E-state index contributed by atoms with van der Waals surface area (Å²) in [7, 11) is 0. The van der Waals surface area contributed by atoms with Crippen molar-refractivity contribution >= 4 is 29.1 Å². The zero-order valence-electron chi connectivity index (χ0n) is 12.3. The molecule has 1 aromatic rings. The summed E-state index contributed by atoms with van der Waals surface area (Å²) < 4.78 is 37.0. The van der Waals surface area contributed by atoms with Crippen LogP contribution in [0.4, 0.5) is 13.2 Å². The summed E-state index contributed by atoms with van der Waals surface area (Å²) in [6.45, 7) is 0.259. The van der Waals surface area contributed by atoms with E-state index >= 15 is 0 Å². The average molecular weight is 369 g/mol. The van der Waals surface area contributed by atoms with E-state index in [2.05, 4.69) is 5.32 Å². The van der Waals surface area contributed by atoms with Gasteiger partial charge in [-0.15, -0.1) is 0 Å². The molecule has 1 aliphatic rings. The standard InChI is InChI=1S/C15H17Cl2F3N2O/c16-12-2-1-10(5-13(12)17)6-14(23)21-7-11-3-4-22(8-11)9-15(18,19)20/h1-2,5,11H,3-4,6-9H2,(H,21,23). The van der Waals surface area contributed by atoms with Crippen molar-refractivity contribution in [2.24, 2.45) is 5.92 Å². The Morgan fingerprint density at radius 2 is 2.04 bits per heavy atom. The highest BCUT2D eigenvalue weighted by atomic mass is 35.5. The summed E-state index contributed by atoms with van der Waals surface area (Å²) in [5.41, 5.74) is 0.738. The summed E-state index contributed by atoms with van der Waals surface area (Å²) in [6, 6.07) is 4.97. The molecule has 8 heteroatoms. The van der Waals surface area contributed by atoms with E-state index in [1.54, 1.807) is 18.2 Å². The SMILES string of the molecule is O=C(Cc1ccc(Cl)c(Cl)c1)NCC1CCN(CC(F)(F)F)C1. The molecule has 1 aromatic carbocycles. The molecule has 1 heterocycles. The molecule has 0 radical (unpaired) electrons. The number of hydrogen-bond acceptors (Lipinski definition) is 2. The Bertz CT molecular complexity index is 566. The van der Waals surface area contributed by atoms with E-state index < -0.39 is 12.7 Å². The maximum atomic E-state index is 12.3. The van der Waals surface area contributed by atoms with Crippen LogP contribution in [0.15, 0.2) is 18.2 Å². The van der Waals surface area contributed by atoms with Gasteiger partial charge in [-0.05, 0) is 36.6 Å². The zero-order valence-corrected chi connectivity index (χ0v) is 13.8. The van der Waals surface area contributed by atoms with Gasteiger partial charge in [0.1, 0.15) is 0 Å². The van der Waals surface area contributed by atoms with E-state index in [1.165, 1.54) is 4.90 Å². The van der Waals surface area contributed by atoms with Crippen LogP contribution in [0.5, 0.6) is 0 Å². The van der Waals surface area contributed by atoms with Crippen LogP contribution in [0.25, 0.3) is 0 Å². The molecule has 1 aliphatic heterocycles. The van der Waals surface area contributed by atoms with Crippen LogP contribution in [0.3, 0.4) is 0 Å². The largest absolute Gasteiger partial charge is 0.401 e. The van der Waals surface area contributed by atoms with Crippen LogP contribution in [-0.4, -0.2) is 43.2 Å². The van der Waals surface area contributed by atoms with Crippen molar-refractivity contribution in [2.45, 2.75) is 19.0 Å². The van der Waals surface area contributed by atoms with Crippen LogP contribution < -0.4 is 5.32 Å². The number of alkyl halides is 3. The predicted molar refractivity (Wildman–Crippen MR) is 83.8 cm³/mol. The summed E-state index contributed by atoms with van der Waals surface area (Å²) in [5.74, 6) is -0.132. The highest BCUT2D eigenvalue weighted by molar-refractivity contribution is 6.42. The minimum Gasteiger partial charge on any atom is -0.355 e. The van der Waals surface area contributed by atoms with Gasteiger partial charge in [-0.1, -0.05) is 29.3 Å². The molecule has 1 fully saturated rings. The van der Waals surface area contributed by atoms with Gasteiger partial charge in [-0.2, -0.15) is 13.2 Å². The first-order chi connectivity index (χ1) is 10.7. The van der Waals surface area contributed by atoms with Gasteiger partial charge < -0.3 is 5.32 Å². The van der Waals surface area contributed by atoms with Gasteiger partial charge in [0.15, 0.2) is 0 Å². The van der Waals surface area contributed by atoms with Gasteiger partial charge in [0, 0.05) is 13.1 Å². The Morgan fingerprint density at radius 3 is 2.70 bits per heavy atom. The summed E-state index contributed by atoms with van der Waals surface area (Å²) in [5, 5.41) is 3.58. The van der Waals surface area contributed by atoms with Gasteiger partial charge in [-0.3, -0.25) is 9.69 Å². The highest BCUT2D eigenvalue weighted by Gasteiger charge is 2.34. The molecule has 128 valence electrons. The summed E-state index contributed by atoms with van der Waals surface area (Å²) in [6.07, 6.45) is -3.36. The Kier molecular flexibility index (Phi) is 6.17. The van der Waals surface area contributed by atoms with Crippen molar-refractivity contribution in [1.82, 2.24) is 10.2 Å². The van der Waals surface area contributed by atoms with Crippen LogP contribution in [-0.2, 0) is 11.2 Å². The van der Waals surface area contributed by atoms with Crippen LogP contribution in [0.2, 0.25) is 10.0 Å².